The molecule has 2 N–H and O–H groups in total. The Labute approximate surface area is 165 Å². The summed E-state index contributed by atoms with van der Waals surface area (Å²) in [6, 6.07) is 9.74. The van der Waals surface area contributed by atoms with Gasteiger partial charge in [-0.1, -0.05) is 22.0 Å². The molecule has 28 heavy (non-hydrogen) atoms. The van der Waals surface area contributed by atoms with Crippen LogP contribution in [-0.4, -0.2) is 15.0 Å². The van der Waals surface area contributed by atoms with Crippen molar-refractivity contribution >= 4 is 38.7 Å². The summed E-state index contributed by atoms with van der Waals surface area (Å²) < 4.78 is 33.7. The van der Waals surface area contributed by atoms with Gasteiger partial charge in [-0.2, -0.15) is 0 Å². The summed E-state index contributed by atoms with van der Waals surface area (Å²) in [4.78, 5) is 21.9. The topological polar surface area (TPSA) is 83.8 Å². The molecule has 0 amide bonds. The van der Waals surface area contributed by atoms with Gasteiger partial charge in [0.1, 0.15) is 5.82 Å². The van der Waals surface area contributed by atoms with Crippen molar-refractivity contribution in [2.24, 2.45) is 0 Å². The van der Waals surface area contributed by atoms with Crippen molar-refractivity contribution in [3.63, 3.8) is 0 Å². The number of anilines is 2. The largest absolute Gasteiger partial charge is 0.417 e. The van der Waals surface area contributed by atoms with E-state index in [-0.39, 0.29) is 23.9 Å². The molecule has 2 aromatic heterocycles. The lowest BCUT2D eigenvalue weighted by Crippen LogP contribution is -2.05. The van der Waals surface area contributed by atoms with Crippen molar-refractivity contribution in [2.75, 3.05) is 5.32 Å². The molecule has 0 aliphatic carbocycles. The third kappa shape index (κ3) is 3.94. The van der Waals surface area contributed by atoms with Crippen LogP contribution in [0.5, 0.6) is 0 Å². The number of aryl methyl sites for hydroxylation is 2. The molecule has 0 aliphatic rings. The number of aromatic nitrogens is 3. The van der Waals surface area contributed by atoms with Gasteiger partial charge in [-0.05, 0) is 42.7 Å². The second kappa shape index (κ2) is 7.51. The maximum atomic E-state index is 14.1. The van der Waals surface area contributed by atoms with Gasteiger partial charge in [0, 0.05) is 16.2 Å². The zero-order valence-electron chi connectivity index (χ0n) is 14.3. The van der Waals surface area contributed by atoms with Gasteiger partial charge in [0.2, 0.25) is 5.95 Å². The van der Waals surface area contributed by atoms with Gasteiger partial charge >= 0.3 is 5.76 Å². The first-order valence-corrected chi connectivity index (χ1v) is 9.12. The fourth-order valence-corrected chi connectivity index (χ4v) is 3.10. The van der Waals surface area contributed by atoms with Crippen molar-refractivity contribution < 1.29 is 13.2 Å². The number of halogens is 3. The highest BCUT2D eigenvalue weighted by molar-refractivity contribution is 9.10. The summed E-state index contributed by atoms with van der Waals surface area (Å²) in [5.41, 5.74) is 2.17. The summed E-state index contributed by atoms with van der Waals surface area (Å²) >= 11 is 3.21. The molecule has 2 heterocycles. The summed E-state index contributed by atoms with van der Waals surface area (Å²) in [6.07, 6.45) is 1.58. The molecule has 0 aliphatic heterocycles. The molecule has 0 radical (unpaired) electrons. The Kier molecular flexibility index (Phi) is 4.91. The molecule has 0 bridgehead atoms. The average Bonchev–Trinajstić information content (AvgIpc) is 3.02. The number of benzene rings is 2. The Morgan fingerprint density at radius 2 is 1.96 bits per heavy atom. The lowest BCUT2D eigenvalue weighted by atomic mass is 10.1. The molecule has 0 spiro atoms. The molecule has 6 nitrogen and oxygen atoms in total. The summed E-state index contributed by atoms with van der Waals surface area (Å²) in [5, 5.41) is 2.94. The molecule has 0 atom stereocenters. The van der Waals surface area contributed by atoms with Gasteiger partial charge in [-0.15, -0.1) is 0 Å². The molecule has 0 saturated carbocycles. The van der Waals surface area contributed by atoms with Gasteiger partial charge in [0.25, 0.3) is 0 Å². The van der Waals surface area contributed by atoms with E-state index in [4.69, 9.17) is 4.42 Å². The monoisotopic (exact) mass is 446 g/mol. The number of oxazole rings is 1. The number of H-pyrrole nitrogens is 1. The van der Waals surface area contributed by atoms with Crippen LogP contribution in [0.1, 0.15) is 11.3 Å². The number of nitrogens with one attached hydrogen (secondary N) is 2. The molecule has 0 fully saturated rings. The fourth-order valence-electron chi connectivity index (χ4n) is 2.77. The van der Waals surface area contributed by atoms with E-state index in [1.165, 1.54) is 6.07 Å². The van der Waals surface area contributed by atoms with Crippen molar-refractivity contribution in [3.8, 4) is 0 Å². The first-order chi connectivity index (χ1) is 13.5. The number of fused-ring (bicyclic) bond motifs is 1. The predicted octanol–water partition coefficient (Wildman–Crippen LogP) is 4.48. The first kappa shape index (κ1) is 18.3. The minimum Gasteiger partial charge on any atom is -0.408 e. The van der Waals surface area contributed by atoms with Gasteiger partial charge < -0.3 is 9.73 Å². The van der Waals surface area contributed by atoms with Gasteiger partial charge in [0.15, 0.2) is 11.4 Å². The molecular formula is C19H13BrF2N4O2. The van der Waals surface area contributed by atoms with Crippen LogP contribution in [-0.2, 0) is 12.8 Å². The van der Waals surface area contributed by atoms with E-state index in [2.05, 4.69) is 36.2 Å². The van der Waals surface area contributed by atoms with Crippen LogP contribution in [0.3, 0.4) is 0 Å². The van der Waals surface area contributed by atoms with Gasteiger partial charge in [0.05, 0.1) is 17.4 Å². The Morgan fingerprint density at radius 1 is 1.11 bits per heavy atom. The van der Waals surface area contributed by atoms with Gasteiger partial charge in [-0.25, -0.2) is 23.5 Å². The minimum atomic E-state index is -0.560. The van der Waals surface area contributed by atoms with Crippen LogP contribution >= 0.6 is 15.9 Å². The second-order valence-electron chi connectivity index (χ2n) is 6.07. The van der Waals surface area contributed by atoms with E-state index in [0.29, 0.717) is 33.2 Å². The Morgan fingerprint density at radius 3 is 2.79 bits per heavy atom. The second-order valence-corrected chi connectivity index (χ2v) is 6.99. The zero-order chi connectivity index (χ0) is 19.7. The quantitative estimate of drug-likeness (QED) is 0.472. The van der Waals surface area contributed by atoms with Crippen LogP contribution in [0, 0.1) is 11.6 Å². The Balaban J connectivity index is 1.53. The van der Waals surface area contributed by atoms with E-state index in [0.717, 1.165) is 6.20 Å². The third-order valence-corrected chi connectivity index (χ3v) is 4.63. The van der Waals surface area contributed by atoms with Crippen molar-refractivity contribution in [1.82, 2.24) is 15.0 Å². The number of hydrogen-bond donors (Lipinski definition) is 2. The molecule has 9 heteroatoms. The number of nitrogens with zero attached hydrogens (tertiary/aromatic N) is 2. The highest BCUT2D eigenvalue weighted by Gasteiger charge is 2.11. The van der Waals surface area contributed by atoms with Gasteiger partial charge in [-0.3, -0.25) is 4.98 Å². The van der Waals surface area contributed by atoms with E-state index in [1.807, 2.05) is 0 Å². The highest BCUT2D eigenvalue weighted by Crippen LogP contribution is 2.21. The normalized spacial score (nSPS) is 11.1. The molecule has 142 valence electrons. The smallest absolute Gasteiger partial charge is 0.408 e. The first-order valence-electron chi connectivity index (χ1n) is 8.33. The van der Waals surface area contributed by atoms with Crippen LogP contribution in [0.25, 0.3) is 11.1 Å². The molecule has 4 rings (SSSR count). The van der Waals surface area contributed by atoms with E-state index in [1.54, 1.807) is 30.3 Å². The van der Waals surface area contributed by atoms with Crippen LogP contribution in [0.2, 0.25) is 0 Å². The fraction of sp³-hybridized carbons (Fsp3) is 0.105. The number of rotatable bonds is 5. The minimum absolute atomic E-state index is 0.175. The van der Waals surface area contributed by atoms with E-state index >= 15 is 0 Å². The van der Waals surface area contributed by atoms with Crippen molar-refractivity contribution in [1.29, 1.82) is 0 Å². The van der Waals surface area contributed by atoms with Crippen LogP contribution < -0.4 is 11.1 Å². The van der Waals surface area contributed by atoms with E-state index in [9.17, 15) is 13.6 Å². The van der Waals surface area contributed by atoms with E-state index < -0.39 is 11.6 Å². The summed E-state index contributed by atoms with van der Waals surface area (Å²) in [7, 11) is 0. The van der Waals surface area contributed by atoms with Crippen molar-refractivity contribution in [3.05, 3.63) is 80.5 Å². The summed E-state index contributed by atoms with van der Waals surface area (Å²) in [5.74, 6) is -1.28. The lowest BCUT2D eigenvalue weighted by molar-refractivity contribution is 0.555. The summed E-state index contributed by atoms with van der Waals surface area (Å²) in [6.45, 7) is 0. The molecule has 4 aromatic rings. The Hall–Kier alpha value is -3.07. The zero-order valence-corrected chi connectivity index (χ0v) is 15.9. The maximum Gasteiger partial charge on any atom is 0.417 e. The van der Waals surface area contributed by atoms with Crippen molar-refractivity contribution in [2.45, 2.75) is 12.8 Å². The molecule has 2 aromatic carbocycles. The SMILES string of the molecule is O=c1[nH]c2ccc(Nc3ncc(F)c(CCc4ccc(Br)cc4F)n3)cc2o1. The van der Waals surface area contributed by atoms with Crippen LogP contribution in [0.15, 0.2) is 56.3 Å². The van der Waals surface area contributed by atoms with Crippen LogP contribution in [0.4, 0.5) is 20.4 Å². The maximum absolute atomic E-state index is 14.1. The average molecular weight is 447 g/mol. The molecule has 0 saturated heterocycles. The standard InChI is InChI=1S/C19H13BrF2N4O2/c20-11-3-1-10(13(21)7-11)2-5-15-14(22)9-23-18(25-15)24-12-4-6-16-17(8-12)28-19(27)26-16/h1,3-4,6-9H,2,5H2,(H,26,27)(H,23,24,25). The predicted molar refractivity (Wildman–Crippen MR) is 104 cm³/mol. The lowest BCUT2D eigenvalue weighted by Gasteiger charge is -2.08. The number of aromatic amines is 1. The highest BCUT2D eigenvalue weighted by atomic mass is 79.9. The third-order valence-electron chi connectivity index (χ3n) is 4.14. The molecular weight excluding hydrogens is 434 g/mol. The molecule has 0 unspecified atom stereocenters. The Bertz CT molecular complexity index is 1220. The number of hydrogen-bond acceptors (Lipinski definition) is 5.